The average molecular weight is 236 g/mol. The minimum absolute atomic E-state index is 0.391. The fourth-order valence-electron chi connectivity index (χ4n) is 3.29. The van der Waals surface area contributed by atoms with Crippen LogP contribution in [0.1, 0.15) is 44.9 Å². The van der Waals surface area contributed by atoms with E-state index in [1.54, 1.807) is 0 Å². The summed E-state index contributed by atoms with van der Waals surface area (Å²) in [5.41, 5.74) is 0. The first-order valence-corrected chi connectivity index (χ1v) is 7.35. The summed E-state index contributed by atoms with van der Waals surface area (Å²) in [5, 5.41) is 0. The first kappa shape index (κ1) is 11.5. The highest BCUT2D eigenvalue weighted by Crippen LogP contribution is 2.32. The van der Waals surface area contributed by atoms with Crippen LogP contribution in [0.2, 0.25) is 0 Å². The smallest absolute Gasteiger partial charge is 0.222 e. The van der Waals surface area contributed by atoms with Gasteiger partial charge in [-0.25, -0.2) is 0 Å². The Balaban J connectivity index is 1.56. The number of carbonyl (C=O) groups is 1. The Morgan fingerprint density at radius 1 is 1.00 bits per heavy atom. The molecule has 0 unspecified atom stereocenters. The molecule has 17 heavy (non-hydrogen) atoms. The molecule has 1 saturated carbocycles. The Labute approximate surface area is 104 Å². The lowest BCUT2D eigenvalue weighted by molar-refractivity contribution is -0.128. The van der Waals surface area contributed by atoms with E-state index < -0.39 is 0 Å². The number of carbonyl (C=O) groups excluding carboxylic acids is 1. The van der Waals surface area contributed by atoms with E-state index in [-0.39, 0.29) is 0 Å². The van der Waals surface area contributed by atoms with Gasteiger partial charge in [-0.05, 0) is 44.6 Å². The fraction of sp³-hybridized carbons (Fsp3) is 0.929. The number of likely N-dealkylation sites (tertiary alicyclic amines) is 2. The van der Waals surface area contributed by atoms with E-state index in [9.17, 15) is 4.79 Å². The first-order chi connectivity index (χ1) is 8.33. The summed E-state index contributed by atoms with van der Waals surface area (Å²) in [6.07, 6.45) is 8.75. The number of hydrogen-bond donors (Lipinski definition) is 0. The van der Waals surface area contributed by atoms with Crippen molar-refractivity contribution in [3.63, 3.8) is 0 Å². The molecule has 1 amide bonds. The van der Waals surface area contributed by atoms with E-state index in [1.807, 2.05) is 0 Å². The van der Waals surface area contributed by atoms with E-state index in [1.165, 1.54) is 45.2 Å². The van der Waals surface area contributed by atoms with Crippen LogP contribution in [0.3, 0.4) is 0 Å². The van der Waals surface area contributed by atoms with Gasteiger partial charge in [0, 0.05) is 32.1 Å². The van der Waals surface area contributed by atoms with Gasteiger partial charge in [0.15, 0.2) is 0 Å². The van der Waals surface area contributed by atoms with Crippen LogP contribution in [0.25, 0.3) is 0 Å². The topological polar surface area (TPSA) is 23.6 Å². The van der Waals surface area contributed by atoms with E-state index in [4.69, 9.17) is 0 Å². The molecule has 1 atom stereocenters. The van der Waals surface area contributed by atoms with Crippen molar-refractivity contribution < 1.29 is 4.79 Å². The number of hydrogen-bond acceptors (Lipinski definition) is 2. The lowest BCUT2D eigenvalue weighted by atomic mass is 10.0. The van der Waals surface area contributed by atoms with Crippen LogP contribution < -0.4 is 0 Å². The summed E-state index contributed by atoms with van der Waals surface area (Å²) in [6, 6.07) is 0.659. The molecule has 2 aliphatic heterocycles. The van der Waals surface area contributed by atoms with Crippen molar-refractivity contribution >= 4 is 5.91 Å². The molecule has 0 bridgehead atoms. The third-order valence-electron chi connectivity index (χ3n) is 4.54. The lowest BCUT2D eigenvalue weighted by Gasteiger charge is -2.38. The Morgan fingerprint density at radius 3 is 2.59 bits per heavy atom. The van der Waals surface area contributed by atoms with Crippen LogP contribution in [0.5, 0.6) is 0 Å². The third kappa shape index (κ3) is 2.82. The number of rotatable bonds is 4. The number of piperidine rings is 1. The quantitative estimate of drug-likeness (QED) is 0.744. The maximum Gasteiger partial charge on any atom is 0.222 e. The highest BCUT2D eigenvalue weighted by Gasteiger charge is 2.32. The summed E-state index contributed by atoms with van der Waals surface area (Å²) in [7, 11) is 0. The van der Waals surface area contributed by atoms with Crippen LogP contribution in [0.15, 0.2) is 0 Å². The second-order valence-corrected chi connectivity index (χ2v) is 6.03. The van der Waals surface area contributed by atoms with Crippen molar-refractivity contribution in [3.8, 4) is 0 Å². The summed E-state index contributed by atoms with van der Waals surface area (Å²) in [6.45, 7) is 4.58. The number of nitrogens with zero attached hydrogens (tertiary/aromatic N) is 2. The van der Waals surface area contributed by atoms with Crippen LogP contribution in [0.4, 0.5) is 0 Å². The number of amides is 1. The molecule has 0 aromatic carbocycles. The zero-order valence-electron chi connectivity index (χ0n) is 10.7. The highest BCUT2D eigenvalue weighted by atomic mass is 16.2. The van der Waals surface area contributed by atoms with Gasteiger partial charge in [0.05, 0.1) is 0 Å². The molecule has 2 heterocycles. The van der Waals surface area contributed by atoms with Crippen molar-refractivity contribution in [1.29, 1.82) is 0 Å². The predicted octanol–water partition coefficient (Wildman–Crippen LogP) is 1.87. The predicted molar refractivity (Wildman–Crippen MR) is 67.8 cm³/mol. The van der Waals surface area contributed by atoms with E-state index in [0.29, 0.717) is 11.9 Å². The molecule has 3 heteroatoms. The van der Waals surface area contributed by atoms with E-state index >= 15 is 0 Å². The maximum atomic E-state index is 11.7. The molecule has 0 aromatic rings. The molecule has 0 N–H and O–H groups in total. The minimum atomic E-state index is 0.391. The second-order valence-electron chi connectivity index (χ2n) is 6.03. The van der Waals surface area contributed by atoms with Gasteiger partial charge in [-0.1, -0.05) is 6.42 Å². The van der Waals surface area contributed by atoms with E-state index in [0.717, 1.165) is 31.8 Å². The van der Waals surface area contributed by atoms with Crippen LogP contribution >= 0.6 is 0 Å². The lowest BCUT2D eigenvalue weighted by Crippen LogP contribution is -2.47. The van der Waals surface area contributed by atoms with Crippen LogP contribution in [-0.2, 0) is 4.79 Å². The van der Waals surface area contributed by atoms with Gasteiger partial charge < -0.3 is 4.90 Å². The summed E-state index contributed by atoms with van der Waals surface area (Å²) in [4.78, 5) is 16.5. The Kier molecular flexibility index (Phi) is 3.37. The average Bonchev–Trinajstić information content (AvgIpc) is 3.06. The maximum absolute atomic E-state index is 11.7. The van der Waals surface area contributed by atoms with Gasteiger partial charge in [-0.2, -0.15) is 0 Å². The molecule has 1 aliphatic carbocycles. The monoisotopic (exact) mass is 236 g/mol. The van der Waals surface area contributed by atoms with Crippen LogP contribution in [0, 0.1) is 5.92 Å². The molecule has 3 aliphatic rings. The van der Waals surface area contributed by atoms with Gasteiger partial charge in [0.25, 0.3) is 0 Å². The Hall–Kier alpha value is -0.570. The zero-order valence-corrected chi connectivity index (χ0v) is 10.7. The SMILES string of the molecule is O=C1CCCN1C[C@@H]1CCCCN1CC1CC1. The van der Waals surface area contributed by atoms with E-state index in [2.05, 4.69) is 9.80 Å². The zero-order chi connectivity index (χ0) is 11.7. The Bertz CT molecular complexity index is 288. The first-order valence-electron chi connectivity index (χ1n) is 7.35. The Morgan fingerprint density at radius 2 is 1.88 bits per heavy atom. The van der Waals surface area contributed by atoms with Crippen LogP contribution in [-0.4, -0.2) is 47.9 Å². The molecule has 0 spiro atoms. The molecule has 3 fully saturated rings. The minimum Gasteiger partial charge on any atom is -0.341 e. The molecule has 2 saturated heterocycles. The molecule has 0 radical (unpaired) electrons. The van der Waals surface area contributed by atoms with Gasteiger partial charge >= 0.3 is 0 Å². The molecule has 3 rings (SSSR count). The molecule has 3 nitrogen and oxygen atoms in total. The molecular weight excluding hydrogens is 212 g/mol. The normalized spacial score (nSPS) is 31.2. The van der Waals surface area contributed by atoms with Gasteiger partial charge in [0.2, 0.25) is 5.91 Å². The summed E-state index contributed by atoms with van der Waals surface area (Å²) >= 11 is 0. The molecule has 96 valence electrons. The van der Waals surface area contributed by atoms with Crippen molar-refractivity contribution in [2.45, 2.75) is 51.0 Å². The molecule has 0 aromatic heterocycles. The highest BCUT2D eigenvalue weighted by molar-refractivity contribution is 5.78. The second kappa shape index (κ2) is 4.97. The van der Waals surface area contributed by atoms with Crippen molar-refractivity contribution in [3.05, 3.63) is 0 Å². The molecular formula is C14H24N2O. The standard InChI is InChI=1S/C14H24N2O/c17-14-5-3-9-16(14)11-13-4-1-2-8-15(13)10-12-6-7-12/h12-13H,1-11H2/t13-/m0/s1. The van der Waals surface area contributed by atoms with Gasteiger partial charge in [-0.15, -0.1) is 0 Å². The third-order valence-corrected chi connectivity index (χ3v) is 4.54. The van der Waals surface area contributed by atoms with Gasteiger partial charge in [-0.3, -0.25) is 9.69 Å². The largest absolute Gasteiger partial charge is 0.341 e. The van der Waals surface area contributed by atoms with Gasteiger partial charge in [0.1, 0.15) is 0 Å². The summed E-state index contributed by atoms with van der Waals surface area (Å²) < 4.78 is 0. The fourth-order valence-corrected chi connectivity index (χ4v) is 3.29. The van der Waals surface area contributed by atoms with Crippen molar-refractivity contribution in [2.24, 2.45) is 5.92 Å². The van der Waals surface area contributed by atoms with Crippen molar-refractivity contribution in [2.75, 3.05) is 26.2 Å². The summed E-state index contributed by atoms with van der Waals surface area (Å²) in [5.74, 6) is 1.37. The van der Waals surface area contributed by atoms with Crippen molar-refractivity contribution in [1.82, 2.24) is 9.80 Å².